The number of carbonyl (C=O) groups is 1. The second kappa shape index (κ2) is 10.9. The number of alkyl carbamates (subject to hydrolysis) is 1. The number of aromatic nitrogens is 4. The molecule has 3 N–H and O–H groups in total. The van der Waals surface area contributed by atoms with E-state index in [0.29, 0.717) is 24.4 Å². The third-order valence-corrected chi connectivity index (χ3v) is 7.09. The summed E-state index contributed by atoms with van der Waals surface area (Å²) in [6, 6.07) is -0.479. The Hall–Kier alpha value is -2.51. The van der Waals surface area contributed by atoms with Crippen LogP contribution < -0.4 is 15.8 Å². The number of ether oxygens (including phenoxy) is 3. The molecule has 0 unspecified atom stereocenters. The van der Waals surface area contributed by atoms with Gasteiger partial charge in [0.2, 0.25) is 11.8 Å². The van der Waals surface area contributed by atoms with Crippen molar-refractivity contribution in [1.82, 2.24) is 24.8 Å². The van der Waals surface area contributed by atoms with Gasteiger partial charge in [0.05, 0.1) is 38.8 Å². The third kappa shape index (κ3) is 5.73. The van der Waals surface area contributed by atoms with Crippen molar-refractivity contribution >= 4 is 31.0 Å². The van der Waals surface area contributed by atoms with Gasteiger partial charge >= 0.3 is 13.9 Å². The van der Waals surface area contributed by atoms with Crippen LogP contribution in [0.4, 0.5) is 10.7 Å². The van der Waals surface area contributed by atoms with Crippen LogP contribution >= 0.6 is 7.82 Å². The molecule has 2 aromatic heterocycles. The molecule has 4 rings (SSSR count). The van der Waals surface area contributed by atoms with Gasteiger partial charge in [0.1, 0.15) is 18.4 Å². The predicted molar refractivity (Wildman–Crippen MR) is 127 cm³/mol. The number of hydrogen-bond donors (Lipinski definition) is 2. The first kappa shape index (κ1) is 26.6. The SMILES string of the molecule is CCOc1nc(N)nc2c1ncn2[C@@H]1O[C@@H]2CO[P@](=O)(OC[C@H](C)NC(=O)OCC(C)C)O[C@H]2[C@@H]1C. The molecule has 4 heterocycles. The van der Waals surface area contributed by atoms with Crippen LogP contribution in [0.5, 0.6) is 5.88 Å². The lowest BCUT2D eigenvalue weighted by atomic mass is 10.0. The Bertz CT molecular complexity index is 1130. The summed E-state index contributed by atoms with van der Waals surface area (Å²) < 4.78 is 48.4. The molecular formula is C21H33N6O8P. The van der Waals surface area contributed by atoms with E-state index < -0.39 is 38.4 Å². The standard InChI is InChI=1S/C21H33N6O8P/c1-6-30-18-15-17(25-20(22)26-18)27(10-23-15)19-13(5)16-14(34-19)9-33-36(29,35-16)32-8-12(4)24-21(28)31-7-11(2)3/h10-14,16,19H,6-9H2,1-5H3,(H,24,28)(H2,22,25,26)/t12-,13-,14+,16-,19+,36-/m0/s1. The molecule has 0 spiro atoms. The number of fused-ring (bicyclic) bond motifs is 2. The average Bonchev–Trinajstić information content (AvgIpc) is 3.37. The summed E-state index contributed by atoms with van der Waals surface area (Å²) in [4.78, 5) is 24.6. The highest BCUT2D eigenvalue weighted by Crippen LogP contribution is 2.58. The molecule has 0 aliphatic carbocycles. The van der Waals surface area contributed by atoms with Crippen LogP contribution in [0.25, 0.3) is 11.2 Å². The summed E-state index contributed by atoms with van der Waals surface area (Å²) in [6.45, 7) is 9.91. The number of nitrogens with two attached hydrogens (primary N) is 1. The first-order valence-electron chi connectivity index (χ1n) is 11.9. The minimum Gasteiger partial charge on any atom is -0.476 e. The van der Waals surface area contributed by atoms with Crippen molar-refractivity contribution in [3.63, 3.8) is 0 Å². The minimum absolute atomic E-state index is 0.00890. The van der Waals surface area contributed by atoms with Crippen LogP contribution in [-0.4, -0.2) is 70.3 Å². The van der Waals surface area contributed by atoms with E-state index in [1.165, 1.54) is 0 Å². The van der Waals surface area contributed by atoms with E-state index in [-0.39, 0.29) is 36.9 Å². The molecule has 0 radical (unpaired) electrons. The average molecular weight is 529 g/mol. The highest BCUT2D eigenvalue weighted by Gasteiger charge is 2.52. The van der Waals surface area contributed by atoms with Gasteiger partial charge in [0, 0.05) is 5.92 Å². The van der Waals surface area contributed by atoms with Gasteiger partial charge in [-0.1, -0.05) is 20.8 Å². The van der Waals surface area contributed by atoms with Crippen LogP contribution in [0.1, 0.15) is 40.8 Å². The topological polar surface area (TPSA) is 171 Å². The Morgan fingerprint density at radius 3 is 2.83 bits per heavy atom. The van der Waals surface area contributed by atoms with Crippen LogP contribution in [0.15, 0.2) is 6.33 Å². The van der Waals surface area contributed by atoms with Gasteiger partial charge in [-0.25, -0.2) is 14.3 Å². The molecule has 1 amide bonds. The van der Waals surface area contributed by atoms with Gasteiger partial charge in [0.15, 0.2) is 11.2 Å². The Kier molecular flexibility index (Phi) is 8.00. The summed E-state index contributed by atoms with van der Waals surface area (Å²) in [7, 11) is -3.89. The normalized spacial score (nSPS) is 28.7. The van der Waals surface area contributed by atoms with E-state index in [4.69, 9.17) is 33.5 Å². The lowest BCUT2D eigenvalue weighted by Crippen LogP contribution is -2.39. The van der Waals surface area contributed by atoms with Crippen molar-refractivity contribution in [3.8, 4) is 5.88 Å². The molecule has 200 valence electrons. The quantitative estimate of drug-likeness (QED) is 0.457. The number of nitrogens with one attached hydrogen (secondary N) is 1. The van der Waals surface area contributed by atoms with E-state index in [0.717, 1.165) is 0 Å². The lowest BCUT2D eigenvalue weighted by molar-refractivity contribution is -0.0710. The summed E-state index contributed by atoms with van der Waals surface area (Å²) >= 11 is 0. The van der Waals surface area contributed by atoms with E-state index >= 15 is 0 Å². The smallest absolute Gasteiger partial charge is 0.475 e. The Balaban J connectivity index is 1.40. The van der Waals surface area contributed by atoms with Gasteiger partial charge in [-0.2, -0.15) is 9.97 Å². The monoisotopic (exact) mass is 528 g/mol. The molecule has 2 aliphatic heterocycles. The van der Waals surface area contributed by atoms with E-state index in [2.05, 4.69) is 20.3 Å². The number of hydrogen-bond acceptors (Lipinski definition) is 12. The minimum atomic E-state index is -3.89. The molecule has 2 saturated heterocycles. The Morgan fingerprint density at radius 2 is 2.11 bits per heavy atom. The number of imidazole rings is 1. The molecule has 14 nitrogen and oxygen atoms in total. The van der Waals surface area contributed by atoms with Gasteiger partial charge in [-0.15, -0.1) is 0 Å². The number of amides is 1. The van der Waals surface area contributed by atoms with Gasteiger partial charge in [0.25, 0.3) is 0 Å². The van der Waals surface area contributed by atoms with Crippen molar-refractivity contribution in [2.75, 3.05) is 32.2 Å². The molecule has 2 aromatic rings. The molecule has 0 saturated carbocycles. The molecule has 0 aromatic carbocycles. The van der Waals surface area contributed by atoms with E-state index in [1.54, 1.807) is 17.8 Å². The van der Waals surface area contributed by atoms with Crippen molar-refractivity contribution in [1.29, 1.82) is 0 Å². The number of phosphoric ester groups is 1. The largest absolute Gasteiger partial charge is 0.476 e. The molecule has 6 atom stereocenters. The van der Waals surface area contributed by atoms with Gasteiger partial charge in [-0.3, -0.25) is 18.1 Å². The number of phosphoric acid groups is 1. The third-order valence-electron chi connectivity index (χ3n) is 5.65. The zero-order valence-corrected chi connectivity index (χ0v) is 21.8. The molecule has 2 fully saturated rings. The number of anilines is 1. The van der Waals surface area contributed by atoms with E-state index in [9.17, 15) is 9.36 Å². The van der Waals surface area contributed by atoms with Crippen LogP contribution in [0.2, 0.25) is 0 Å². The summed E-state index contributed by atoms with van der Waals surface area (Å²) in [6.07, 6.45) is -0.603. The second-order valence-corrected chi connectivity index (χ2v) is 10.8. The number of rotatable bonds is 9. The Morgan fingerprint density at radius 1 is 1.33 bits per heavy atom. The first-order chi connectivity index (χ1) is 17.1. The summed E-state index contributed by atoms with van der Waals surface area (Å²) in [5, 5.41) is 2.62. The van der Waals surface area contributed by atoms with Crippen LogP contribution in [0, 0.1) is 11.8 Å². The fraction of sp³-hybridized carbons (Fsp3) is 0.714. The number of carbonyl (C=O) groups excluding carboxylic acids is 1. The zero-order chi connectivity index (χ0) is 26.0. The second-order valence-electron chi connectivity index (χ2n) is 9.21. The van der Waals surface area contributed by atoms with Gasteiger partial charge < -0.3 is 25.3 Å². The Labute approximate surface area is 208 Å². The van der Waals surface area contributed by atoms with E-state index in [1.807, 2.05) is 27.7 Å². The maximum atomic E-state index is 13.2. The first-order valence-corrected chi connectivity index (χ1v) is 13.3. The highest BCUT2D eigenvalue weighted by molar-refractivity contribution is 7.48. The number of nitrogen functional groups attached to an aromatic ring is 1. The maximum Gasteiger partial charge on any atom is 0.475 e. The van der Waals surface area contributed by atoms with Crippen molar-refractivity contribution < 1.29 is 37.1 Å². The van der Waals surface area contributed by atoms with Crippen LogP contribution in [-0.2, 0) is 27.6 Å². The summed E-state index contributed by atoms with van der Waals surface area (Å²) in [5.41, 5.74) is 6.78. The molecule has 36 heavy (non-hydrogen) atoms. The molecule has 0 bridgehead atoms. The molecule has 15 heteroatoms. The van der Waals surface area contributed by atoms with Gasteiger partial charge in [-0.05, 0) is 19.8 Å². The van der Waals surface area contributed by atoms with Crippen molar-refractivity contribution in [3.05, 3.63) is 6.33 Å². The predicted octanol–water partition coefficient (Wildman–Crippen LogP) is 2.65. The zero-order valence-electron chi connectivity index (χ0n) is 20.9. The molecule has 2 aliphatic rings. The number of nitrogens with zero attached hydrogens (tertiary/aromatic N) is 4. The maximum absolute atomic E-state index is 13.2. The van der Waals surface area contributed by atoms with Crippen molar-refractivity contribution in [2.24, 2.45) is 11.8 Å². The highest BCUT2D eigenvalue weighted by atomic mass is 31.2. The fourth-order valence-electron chi connectivity index (χ4n) is 3.97. The lowest BCUT2D eigenvalue weighted by Gasteiger charge is -2.31. The van der Waals surface area contributed by atoms with Crippen molar-refractivity contribution in [2.45, 2.75) is 59.1 Å². The van der Waals surface area contributed by atoms with Crippen LogP contribution in [0.3, 0.4) is 0 Å². The fourth-order valence-corrected chi connectivity index (χ4v) is 5.53. The summed E-state index contributed by atoms with van der Waals surface area (Å²) in [5.74, 6) is 0.284. The molecular weight excluding hydrogens is 495 g/mol.